The molecule has 1 aliphatic rings. The summed E-state index contributed by atoms with van der Waals surface area (Å²) in [5, 5.41) is 0. The molecule has 0 aliphatic carbocycles. The summed E-state index contributed by atoms with van der Waals surface area (Å²) in [5.74, 6) is -1.16. The Labute approximate surface area is 86.1 Å². The molecule has 0 spiro atoms. The number of rotatable bonds is 0. The molecule has 9 heteroatoms. The van der Waals surface area contributed by atoms with E-state index >= 15 is 0 Å². The Morgan fingerprint density at radius 2 is 1.31 bits per heavy atom. The number of esters is 2. The van der Waals surface area contributed by atoms with E-state index < -0.39 is 22.3 Å². The van der Waals surface area contributed by atoms with Gasteiger partial charge in [-0.25, -0.2) is 9.59 Å². The number of hydrogen-bond acceptors (Lipinski definition) is 7. The Hall–Kier alpha value is -0.627. The van der Waals surface area contributed by atoms with Crippen molar-refractivity contribution in [3.05, 3.63) is 12.2 Å². The van der Waals surface area contributed by atoms with Gasteiger partial charge in [-0.2, -0.15) is 0 Å². The van der Waals surface area contributed by atoms with Crippen LogP contribution in [0.5, 0.6) is 0 Å². The Bertz CT molecular complexity index is 291. The zero-order valence-electron chi connectivity index (χ0n) is 6.13. The van der Waals surface area contributed by atoms with Gasteiger partial charge in [-0.05, 0) is 0 Å². The molecule has 0 radical (unpaired) electrons. The molecule has 0 amide bonds. The van der Waals surface area contributed by atoms with Crippen LogP contribution in [-0.4, -0.2) is 29.5 Å². The molecule has 68 valence electrons. The number of hydrogen-bond donors (Lipinski definition) is 0. The van der Waals surface area contributed by atoms with Crippen molar-refractivity contribution in [1.29, 1.82) is 0 Å². The van der Waals surface area contributed by atoms with Crippen LogP contribution in [0.15, 0.2) is 12.2 Å². The molecule has 1 heterocycles. The Balaban J connectivity index is 0. The SMILES string of the molecule is O=C1C=CC(=O)O1.O=S(=O)([O-])[O-].[Zn+2]. The van der Waals surface area contributed by atoms with E-state index in [2.05, 4.69) is 4.74 Å². The minimum atomic E-state index is -5.17. The van der Waals surface area contributed by atoms with E-state index in [4.69, 9.17) is 17.5 Å². The molecule has 1 aliphatic heterocycles. The first-order valence-electron chi connectivity index (χ1n) is 2.39. The van der Waals surface area contributed by atoms with Gasteiger partial charge in [-0.15, -0.1) is 0 Å². The average Bonchev–Trinajstić information content (AvgIpc) is 2.09. The van der Waals surface area contributed by atoms with Crippen LogP contribution in [0.25, 0.3) is 0 Å². The summed E-state index contributed by atoms with van der Waals surface area (Å²) in [6, 6.07) is 0. The van der Waals surface area contributed by atoms with Crippen molar-refractivity contribution < 1.29 is 51.3 Å². The van der Waals surface area contributed by atoms with Gasteiger partial charge >= 0.3 is 31.4 Å². The second kappa shape index (κ2) is 5.92. The molecule has 0 unspecified atom stereocenters. The molecule has 13 heavy (non-hydrogen) atoms. The van der Waals surface area contributed by atoms with Crippen LogP contribution in [0.1, 0.15) is 0 Å². The summed E-state index contributed by atoms with van der Waals surface area (Å²) in [4.78, 5) is 19.8. The molecular formula is C4H2O7SZn. The predicted molar refractivity (Wildman–Crippen MR) is 30.7 cm³/mol. The van der Waals surface area contributed by atoms with Gasteiger partial charge in [-0.1, -0.05) is 0 Å². The Morgan fingerprint density at radius 3 is 1.38 bits per heavy atom. The molecule has 0 aromatic rings. The van der Waals surface area contributed by atoms with Gasteiger partial charge in [0.15, 0.2) is 0 Å². The van der Waals surface area contributed by atoms with Crippen molar-refractivity contribution >= 4 is 22.3 Å². The fourth-order valence-electron chi connectivity index (χ4n) is 0.303. The van der Waals surface area contributed by atoms with Crippen molar-refractivity contribution in [3.8, 4) is 0 Å². The predicted octanol–water partition coefficient (Wildman–Crippen LogP) is -1.71. The molecule has 0 N–H and O–H groups in total. The third kappa shape index (κ3) is 14.3. The summed E-state index contributed by atoms with van der Waals surface area (Å²) in [5.41, 5.74) is 0. The van der Waals surface area contributed by atoms with Gasteiger partial charge in [0, 0.05) is 22.6 Å². The molecule has 1 rings (SSSR count). The van der Waals surface area contributed by atoms with E-state index in [1.807, 2.05) is 0 Å². The molecule has 0 aromatic heterocycles. The number of ether oxygens (including phenoxy) is 1. The topological polar surface area (TPSA) is 124 Å². The van der Waals surface area contributed by atoms with Gasteiger partial charge in [0.25, 0.3) is 0 Å². The summed E-state index contributed by atoms with van der Waals surface area (Å²) in [6.45, 7) is 0. The van der Waals surface area contributed by atoms with Crippen LogP contribution in [-0.2, 0) is 44.2 Å². The van der Waals surface area contributed by atoms with E-state index in [1.165, 1.54) is 0 Å². The quantitative estimate of drug-likeness (QED) is 0.167. The van der Waals surface area contributed by atoms with Crippen molar-refractivity contribution in [2.24, 2.45) is 0 Å². The van der Waals surface area contributed by atoms with Crippen LogP contribution in [0.4, 0.5) is 0 Å². The van der Waals surface area contributed by atoms with E-state index in [9.17, 15) is 9.59 Å². The zero-order chi connectivity index (χ0) is 9.78. The maximum Gasteiger partial charge on any atom is 2.00 e. The van der Waals surface area contributed by atoms with Gasteiger partial charge in [0.2, 0.25) is 0 Å². The first-order chi connectivity index (χ1) is 5.29. The second-order valence-corrected chi connectivity index (χ2v) is 2.30. The van der Waals surface area contributed by atoms with Crippen LogP contribution < -0.4 is 0 Å². The smallest absolute Gasteiger partial charge is 0.759 e. The van der Waals surface area contributed by atoms with Crippen molar-refractivity contribution in [2.75, 3.05) is 0 Å². The van der Waals surface area contributed by atoms with Crippen molar-refractivity contribution in [1.82, 2.24) is 0 Å². The summed E-state index contributed by atoms with van der Waals surface area (Å²) < 4.78 is 38.1. The molecule has 0 saturated carbocycles. The normalized spacial score (nSPS) is 14.0. The van der Waals surface area contributed by atoms with Crippen LogP contribution in [0.2, 0.25) is 0 Å². The molecular weight excluding hydrogens is 257 g/mol. The van der Waals surface area contributed by atoms with Gasteiger partial charge in [0.1, 0.15) is 0 Å². The molecule has 7 nitrogen and oxygen atoms in total. The van der Waals surface area contributed by atoms with Crippen molar-refractivity contribution in [2.45, 2.75) is 0 Å². The van der Waals surface area contributed by atoms with Gasteiger partial charge in [0.05, 0.1) is 0 Å². The average molecular weight is 260 g/mol. The third-order valence-electron chi connectivity index (χ3n) is 0.557. The van der Waals surface area contributed by atoms with Crippen molar-refractivity contribution in [3.63, 3.8) is 0 Å². The summed E-state index contributed by atoms with van der Waals surface area (Å²) in [7, 11) is -5.17. The van der Waals surface area contributed by atoms with E-state index in [0.717, 1.165) is 12.2 Å². The van der Waals surface area contributed by atoms with E-state index in [-0.39, 0.29) is 19.5 Å². The van der Waals surface area contributed by atoms with E-state index in [1.54, 1.807) is 0 Å². The van der Waals surface area contributed by atoms with Crippen LogP contribution in [0.3, 0.4) is 0 Å². The molecule has 0 saturated heterocycles. The maximum atomic E-state index is 9.92. The standard InChI is InChI=1S/C4H2O3.H2O4S.Zn/c5-3-1-2-4(6)7-3;1-5(2,3)4;/h1-2H;(H2,1,2,3,4);/q;;+2/p-2. The first-order valence-corrected chi connectivity index (χ1v) is 3.73. The number of carbonyl (C=O) groups is 2. The fourth-order valence-corrected chi connectivity index (χ4v) is 0.303. The van der Waals surface area contributed by atoms with Gasteiger partial charge < -0.3 is 13.8 Å². The Morgan fingerprint density at radius 1 is 1.08 bits per heavy atom. The Kier molecular flexibility index (Phi) is 6.78. The largest absolute Gasteiger partial charge is 2.00 e. The molecule has 0 fully saturated rings. The molecule has 0 atom stereocenters. The van der Waals surface area contributed by atoms with E-state index in [0.29, 0.717) is 0 Å². The number of carbonyl (C=O) groups excluding carboxylic acids is 2. The summed E-state index contributed by atoms with van der Waals surface area (Å²) in [6.07, 6.45) is 2.17. The fraction of sp³-hybridized carbons (Fsp3) is 0. The first kappa shape index (κ1) is 14.9. The number of cyclic esters (lactones) is 2. The third-order valence-corrected chi connectivity index (χ3v) is 0.557. The van der Waals surface area contributed by atoms with Crippen LogP contribution in [0, 0.1) is 0 Å². The second-order valence-electron chi connectivity index (χ2n) is 1.48. The molecule has 0 bridgehead atoms. The zero-order valence-corrected chi connectivity index (χ0v) is 9.91. The maximum absolute atomic E-state index is 9.92. The summed E-state index contributed by atoms with van der Waals surface area (Å²) >= 11 is 0. The van der Waals surface area contributed by atoms with Gasteiger partial charge in [-0.3, -0.25) is 8.42 Å². The minimum absolute atomic E-state index is 0. The monoisotopic (exact) mass is 258 g/mol. The van der Waals surface area contributed by atoms with Crippen LogP contribution >= 0.6 is 0 Å². The molecule has 0 aromatic carbocycles. The minimum Gasteiger partial charge on any atom is -0.759 e.